The van der Waals surface area contributed by atoms with Crippen LogP contribution in [0.4, 0.5) is 14.9 Å². The van der Waals surface area contributed by atoms with Gasteiger partial charge in [0.15, 0.2) is 11.5 Å². The average Bonchev–Trinajstić information content (AvgIpc) is 3.33. The minimum absolute atomic E-state index is 0.0233. The summed E-state index contributed by atoms with van der Waals surface area (Å²) in [6.07, 6.45) is 1.65. The van der Waals surface area contributed by atoms with Crippen LogP contribution in [0.15, 0.2) is 60.0 Å². The van der Waals surface area contributed by atoms with Crippen molar-refractivity contribution in [1.29, 1.82) is 0 Å². The number of halogens is 1. The first-order valence-electron chi connectivity index (χ1n) is 11.1. The summed E-state index contributed by atoms with van der Waals surface area (Å²) in [6, 6.07) is 15.1. The van der Waals surface area contributed by atoms with Crippen molar-refractivity contribution in [3.8, 4) is 11.5 Å². The van der Waals surface area contributed by atoms with Crippen LogP contribution in [0.2, 0.25) is 0 Å². The second-order valence-electron chi connectivity index (χ2n) is 8.29. The van der Waals surface area contributed by atoms with Crippen LogP contribution in [0, 0.1) is 5.82 Å². The zero-order chi connectivity index (χ0) is 23.5. The van der Waals surface area contributed by atoms with Crippen LogP contribution >= 0.6 is 11.3 Å². The van der Waals surface area contributed by atoms with Gasteiger partial charge < -0.3 is 24.6 Å². The lowest BCUT2D eigenvalue weighted by Crippen LogP contribution is -2.45. The molecule has 0 radical (unpaired) electrons. The van der Waals surface area contributed by atoms with Gasteiger partial charge in [0.05, 0.1) is 12.2 Å². The first kappa shape index (κ1) is 22.2. The minimum Gasteiger partial charge on any atom is -0.454 e. The normalized spacial score (nSPS) is 14.0. The Balaban J connectivity index is 1.32. The van der Waals surface area contributed by atoms with Gasteiger partial charge in [0.2, 0.25) is 12.7 Å². The van der Waals surface area contributed by atoms with Crippen LogP contribution in [0.1, 0.15) is 23.3 Å². The summed E-state index contributed by atoms with van der Waals surface area (Å²) in [5.74, 6) is 0.649. The van der Waals surface area contributed by atoms with Crippen molar-refractivity contribution in [3.05, 3.63) is 76.2 Å². The summed E-state index contributed by atoms with van der Waals surface area (Å²) in [5.41, 5.74) is 1.00. The molecule has 0 spiro atoms. The maximum absolute atomic E-state index is 14.0. The minimum atomic E-state index is -0.514. The number of thiophene rings is 1. The molecule has 1 aromatic heterocycles. The number of carbonyl (C=O) groups is 2. The monoisotopic (exact) mass is 481 g/mol. The molecule has 1 N–H and O–H groups in total. The van der Waals surface area contributed by atoms with E-state index in [2.05, 4.69) is 5.32 Å². The number of amides is 3. The van der Waals surface area contributed by atoms with Crippen LogP contribution in [-0.4, -0.2) is 41.1 Å². The first-order valence-corrected chi connectivity index (χ1v) is 12.0. The van der Waals surface area contributed by atoms with Crippen LogP contribution in [0.3, 0.4) is 0 Å². The molecule has 0 bridgehead atoms. The van der Waals surface area contributed by atoms with Gasteiger partial charge in [-0.25, -0.2) is 9.18 Å². The lowest BCUT2D eigenvalue weighted by molar-refractivity contribution is -0.133. The maximum atomic E-state index is 14.0. The van der Waals surface area contributed by atoms with Crippen molar-refractivity contribution >= 4 is 29.0 Å². The summed E-state index contributed by atoms with van der Waals surface area (Å²) >= 11 is 1.57. The van der Waals surface area contributed by atoms with E-state index >= 15 is 0 Å². The molecule has 1 aliphatic carbocycles. The Morgan fingerprint density at radius 1 is 1.03 bits per heavy atom. The Morgan fingerprint density at radius 3 is 2.62 bits per heavy atom. The standard InChI is InChI=1S/C25H24FN3O4S/c26-20-5-1-2-6-21(20)27-25(31)29(18-8-9-18)15-24(30)28(14-19-4-3-11-34-19)13-17-7-10-22-23(12-17)33-16-32-22/h1-7,10-12,18H,8-9,13-16H2,(H,27,31). The van der Waals surface area contributed by atoms with Crippen molar-refractivity contribution in [1.82, 2.24) is 9.80 Å². The van der Waals surface area contributed by atoms with Crippen molar-refractivity contribution in [2.75, 3.05) is 18.7 Å². The highest BCUT2D eigenvalue weighted by Gasteiger charge is 2.35. The second-order valence-corrected chi connectivity index (χ2v) is 9.32. The fourth-order valence-corrected chi connectivity index (χ4v) is 4.55. The molecule has 2 aliphatic rings. The van der Waals surface area contributed by atoms with Gasteiger partial charge in [-0.3, -0.25) is 4.79 Å². The molecule has 0 unspecified atom stereocenters. The lowest BCUT2D eigenvalue weighted by Gasteiger charge is -2.28. The third kappa shape index (κ3) is 5.14. The van der Waals surface area contributed by atoms with Gasteiger partial charge in [-0.2, -0.15) is 0 Å². The Hall–Kier alpha value is -3.59. The van der Waals surface area contributed by atoms with E-state index in [9.17, 15) is 14.0 Å². The molecule has 3 aromatic rings. The SMILES string of the molecule is O=C(CN(C(=O)Nc1ccccc1F)C1CC1)N(Cc1ccc2c(c1)OCO2)Cc1cccs1. The summed E-state index contributed by atoms with van der Waals surface area (Å²) in [4.78, 5) is 30.7. The van der Waals surface area contributed by atoms with Gasteiger partial charge >= 0.3 is 6.03 Å². The summed E-state index contributed by atoms with van der Waals surface area (Å²) in [5, 5.41) is 4.58. The zero-order valence-corrected chi connectivity index (χ0v) is 19.2. The van der Waals surface area contributed by atoms with Crippen LogP contribution in [0.5, 0.6) is 11.5 Å². The molecule has 34 heavy (non-hydrogen) atoms. The third-order valence-corrected chi connectivity index (χ3v) is 6.62. The number of ether oxygens (including phenoxy) is 2. The average molecular weight is 482 g/mol. The largest absolute Gasteiger partial charge is 0.454 e. The number of nitrogens with one attached hydrogen (secondary N) is 1. The lowest BCUT2D eigenvalue weighted by atomic mass is 10.2. The van der Waals surface area contributed by atoms with E-state index in [4.69, 9.17) is 9.47 Å². The van der Waals surface area contributed by atoms with E-state index in [1.54, 1.807) is 28.4 Å². The molecule has 1 aliphatic heterocycles. The molecule has 1 saturated carbocycles. The molecule has 1 fully saturated rings. The molecule has 3 amide bonds. The van der Waals surface area contributed by atoms with Crippen molar-refractivity contribution in [3.63, 3.8) is 0 Å². The van der Waals surface area contributed by atoms with Gasteiger partial charge in [-0.05, 0) is 54.1 Å². The van der Waals surface area contributed by atoms with E-state index in [0.717, 1.165) is 23.3 Å². The highest BCUT2D eigenvalue weighted by Crippen LogP contribution is 2.33. The highest BCUT2D eigenvalue weighted by molar-refractivity contribution is 7.09. The van der Waals surface area contributed by atoms with Gasteiger partial charge in [-0.15, -0.1) is 11.3 Å². The van der Waals surface area contributed by atoms with Crippen LogP contribution < -0.4 is 14.8 Å². The van der Waals surface area contributed by atoms with Crippen molar-refractivity contribution in [2.24, 2.45) is 0 Å². The summed E-state index contributed by atoms with van der Waals surface area (Å²) in [7, 11) is 0. The molecule has 176 valence electrons. The Bertz CT molecular complexity index is 1180. The summed E-state index contributed by atoms with van der Waals surface area (Å²) in [6.45, 7) is 0.893. The Morgan fingerprint density at radius 2 is 1.85 bits per heavy atom. The topological polar surface area (TPSA) is 71.1 Å². The number of anilines is 1. The smallest absolute Gasteiger partial charge is 0.322 e. The first-order chi connectivity index (χ1) is 16.6. The van der Waals surface area contributed by atoms with Gasteiger partial charge in [-0.1, -0.05) is 24.3 Å². The number of fused-ring (bicyclic) bond motifs is 1. The number of nitrogens with zero attached hydrogens (tertiary/aromatic N) is 2. The number of carbonyl (C=O) groups excluding carboxylic acids is 2. The van der Waals surface area contributed by atoms with Crippen molar-refractivity contribution in [2.45, 2.75) is 32.0 Å². The Kier molecular flexibility index (Phi) is 6.35. The molecular weight excluding hydrogens is 457 g/mol. The molecule has 5 rings (SSSR count). The number of hydrogen-bond donors (Lipinski definition) is 1. The quantitative estimate of drug-likeness (QED) is 0.500. The van der Waals surface area contributed by atoms with Crippen LogP contribution in [-0.2, 0) is 17.9 Å². The molecule has 9 heteroatoms. The van der Waals surface area contributed by atoms with E-state index in [1.165, 1.54) is 17.0 Å². The number of benzene rings is 2. The predicted octanol–water partition coefficient (Wildman–Crippen LogP) is 4.84. The van der Waals surface area contributed by atoms with Gasteiger partial charge in [0.1, 0.15) is 12.4 Å². The molecule has 0 saturated heterocycles. The van der Waals surface area contributed by atoms with E-state index in [0.29, 0.717) is 24.6 Å². The van der Waals surface area contributed by atoms with Gasteiger partial charge in [0, 0.05) is 17.5 Å². The van der Waals surface area contributed by atoms with Crippen molar-refractivity contribution < 1.29 is 23.5 Å². The maximum Gasteiger partial charge on any atom is 0.322 e. The van der Waals surface area contributed by atoms with E-state index in [1.807, 2.05) is 35.7 Å². The number of urea groups is 1. The molecular formula is C25H24FN3O4S. The Labute approximate surface area is 200 Å². The van der Waals surface area contributed by atoms with E-state index in [-0.39, 0.29) is 31.0 Å². The highest BCUT2D eigenvalue weighted by atomic mass is 32.1. The fraction of sp³-hybridized carbons (Fsp3) is 0.280. The molecule has 2 heterocycles. The fourth-order valence-electron chi connectivity index (χ4n) is 3.83. The predicted molar refractivity (Wildman–Crippen MR) is 126 cm³/mol. The number of hydrogen-bond acceptors (Lipinski definition) is 5. The molecule has 0 atom stereocenters. The number of para-hydroxylation sites is 1. The molecule has 2 aromatic carbocycles. The summed E-state index contributed by atoms with van der Waals surface area (Å²) < 4.78 is 24.9. The molecule has 7 nitrogen and oxygen atoms in total. The second kappa shape index (κ2) is 9.72. The van der Waals surface area contributed by atoms with Gasteiger partial charge in [0.25, 0.3) is 0 Å². The van der Waals surface area contributed by atoms with E-state index < -0.39 is 11.8 Å². The third-order valence-electron chi connectivity index (χ3n) is 5.76. The van der Waals surface area contributed by atoms with Crippen LogP contribution in [0.25, 0.3) is 0 Å². The number of rotatable bonds is 8. The zero-order valence-electron chi connectivity index (χ0n) is 18.4.